The van der Waals surface area contributed by atoms with E-state index >= 15 is 0 Å². The Hall–Kier alpha value is -2.08. The number of amides is 2. The van der Waals surface area contributed by atoms with Gasteiger partial charge in [-0.15, -0.1) is 0 Å². The monoisotopic (exact) mass is 402 g/mol. The molecule has 2 amide bonds. The molecule has 3 rings (SSSR count). The third-order valence-electron chi connectivity index (χ3n) is 6.05. The maximum atomic E-state index is 12.7. The van der Waals surface area contributed by atoms with Crippen molar-refractivity contribution in [1.29, 1.82) is 0 Å². The van der Waals surface area contributed by atoms with Gasteiger partial charge in [-0.25, -0.2) is 0 Å². The van der Waals surface area contributed by atoms with Gasteiger partial charge in [-0.2, -0.15) is 0 Å². The number of hydrogen-bond acceptors (Lipinski definition) is 4. The largest absolute Gasteiger partial charge is 0.493 e. The van der Waals surface area contributed by atoms with Gasteiger partial charge in [0.2, 0.25) is 5.91 Å². The number of morpholine rings is 1. The van der Waals surface area contributed by atoms with E-state index in [1.54, 1.807) is 0 Å². The molecule has 2 aliphatic rings. The van der Waals surface area contributed by atoms with E-state index in [0.717, 1.165) is 44.5 Å². The number of likely N-dealkylation sites (tertiary alicyclic amines) is 1. The highest BCUT2D eigenvalue weighted by atomic mass is 16.5. The van der Waals surface area contributed by atoms with Crippen molar-refractivity contribution in [2.75, 3.05) is 46.0 Å². The molecule has 1 aromatic carbocycles. The highest BCUT2D eigenvalue weighted by Crippen LogP contribution is 2.22. The van der Waals surface area contributed by atoms with Crippen molar-refractivity contribution in [1.82, 2.24) is 9.80 Å². The van der Waals surface area contributed by atoms with Gasteiger partial charge in [0.25, 0.3) is 5.91 Å². The van der Waals surface area contributed by atoms with Crippen LogP contribution in [0.5, 0.6) is 5.75 Å². The normalized spacial score (nSPS) is 20.0. The van der Waals surface area contributed by atoms with Crippen LogP contribution < -0.4 is 4.74 Å². The average Bonchev–Trinajstić information content (AvgIpc) is 2.79. The fraction of sp³-hybridized carbons (Fsp3) is 0.652. The van der Waals surface area contributed by atoms with Gasteiger partial charge < -0.3 is 19.3 Å². The molecule has 1 aromatic rings. The van der Waals surface area contributed by atoms with Gasteiger partial charge in [0, 0.05) is 43.6 Å². The first-order valence-electron chi connectivity index (χ1n) is 11.0. The Kier molecular flexibility index (Phi) is 7.92. The molecule has 29 heavy (non-hydrogen) atoms. The second kappa shape index (κ2) is 10.6. The summed E-state index contributed by atoms with van der Waals surface area (Å²) in [5, 5.41) is 0. The Balaban J connectivity index is 1.49. The minimum Gasteiger partial charge on any atom is -0.493 e. The maximum absolute atomic E-state index is 12.7. The SMILES string of the molecule is CCC(CC)C(=O)N1CCC[C@H](COc2ccc(C(=O)N3CCOCC3)cc2)C1. The molecule has 0 spiro atoms. The molecular formula is C23H34N2O4. The van der Waals surface area contributed by atoms with E-state index in [2.05, 4.69) is 13.8 Å². The van der Waals surface area contributed by atoms with E-state index in [0.29, 0.717) is 50.3 Å². The molecule has 1 atom stereocenters. The second-order valence-electron chi connectivity index (χ2n) is 8.05. The van der Waals surface area contributed by atoms with Crippen molar-refractivity contribution < 1.29 is 19.1 Å². The zero-order chi connectivity index (χ0) is 20.6. The number of piperidine rings is 1. The van der Waals surface area contributed by atoms with E-state index in [1.165, 1.54) is 0 Å². The van der Waals surface area contributed by atoms with Gasteiger partial charge in [0.1, 0.15) is 5.75 Å². The van der Waals surface area contributed by atoms with Crippen molar-refractivity contribution in [2.24, 2.45) is 11.8 Å². The van der Waals surface area contributed by atoms with Gasteiger partial charge in [0.05, 0.1) is 19.8 Å². The summed E-state index contributed by atoms with van der Waals surface area (Å²) in [5.41, 5.74) is 0.680. The Labute approximate surface area is 174 Å². The maximum Gasteiger partial charge on any atom is 0.254 e. The predicted octanol–water partition coefficient (Wildman–Crippen LogP) is 3.21. The number of nitrogens with zero attached hydrogens (tertiary/aromatic N) is 2. The van der Waals surface area contributed by atoms with Gasteiger partial charge in [-0.3, -0.25) is 9.59 Å². The highest BCUT2D eigenvalue weighted by Gasteiger charge is 2.27. The third kappa shape index (κ3) is 5.72. The summed E-state index contributed by atoms with van der Waals surface area (Å²) in [4.78, 5) is 29.0. The number of carbonyl (C=O) groups excluding carboxylic acids is 2. The lowest BCUT2D eigenvalue weighted by atomic mass is 9.95. The van der Waals surface area contributed by atoms with Crippen LogP contribution in [-0.2, 0) is 9.53 Å². The lowest BCUT2D eigenvalue weighted by Crippen LogP contribution is -2.44. The summed E-state index contributed by atoms with van der Waals surface area (Å²) in [5.74, 6) is 1.61. The molecule has 0 aromatic heterocycles. The second-order valence-corrected chi connectivity index (χ2v) is 8.05. The summed E-state index contributed by atoms with van der Waals surface area (Å²) in [7, 11) is 0. The quantitative estimate of drug-likeness (QED) is 0.703. The fourth-order valence-electron chi connectivity index (χ4n) is 4.15. The van der Waals surface area contributed by atoms with Crippen molar-refractivity contribution in [3.63, 3.8) is 0 Å². The standard InChI is InChI=1S/C23H34N2O4/c1-3-19(4-2)22(26)25-11-5-6-18(16-25)17-29-21-9-7-20(8-10-21)23(27)24-12-14-28-15-13-24/h7-10,18-19H,3-6,11-17H2,1-2H3/t18-/m0/s1. The van der Waals surface area contributed by atoms with Crippen molar-refractivity contribution in [3.05, 3.63) is 29.8 Å². The zero-order valence-corrected chi connectivity index (χ0v) is 17.8. The van der Waals surface area contributed by atoms with Crippen LogP contribution in [-0.4, -0.2) is 67.6 Å². The first kappa shape index (κ1) is 21.6. The first-order chi connectivity index (χ1) is 14.1. The summed E-state index contributed by atoms with van der Waals surface area (Å²) < 4.78 is 11.3. The molecule has 0 aliphatic carbocycles. The van der Waals surface area contributed by atoms with Crippen LogP contribution in [0.2, 0.25) is 0 Å². The molecule has 6 heteroatoms. The topological polar surface area (TPSA) is 59.1 Å². The summed E-state index contributed by atoms with van der Waals surface area (Å²) in [6.45, 7) is 8.91. The molecule has 0 saturated carbocycles. The molecule has 2 heterocycles. The van der Waals surface area contributed by atoms with Crippen LogP contribution in [0.3, 0.4) is 0 Å². The van der Waals surface area contributed by atoms with Crippen molar-refractivity contribution >= 4 is 11.8 Å². The lowest BCUT2D eigenvalue weighted by molar-refractivity contribution is -0.137. The van der Waals surface area contributed by atoms with E-state index in [4.69, 9.17) is 9.47 Å². The minimum absolute atomic E-state index is 0.0442. The van der Waals surface area contributed by atoms with Crippen LogP contribution in [0.1, 0.15) is 49.9 Å². The molecule has 0 N–H and O–H groups in total. The third-order valence-corrected chi connectivity index (χ3v) is 6.05. The number of rotatable bonds is 7. The molecule has 2 fully saturated rings. The summed E-state index contributed by atoms with van der Waals surface area (Å²) in [6.07, 6.45) is 3.93. The number of benzene rings is 1. The molecule has 0 bridgehead atoms. The molecule has 0 unspecified atom stereocenters. The highest BCUT2D eigenvalue weighted by molar-refractivity contribution is 5.94. The van der Waals surface area contributed by atoms with E-state index < -0.39 is 0 Å². The Morgan fingerprint density at radius 2 is 1.76 bits per heavy atom. The van der Waals surface area contributed by atoms with Crippen molar-refractivity contribution in [3.8, 4) is 5.75 Å². The number of hydrogen-bond donors (Lipinski definition) is 0. The van der Waals surface area contributed by atoms with Crippen LogP contribution in [0.15, 0.2) is 24.3 Å². The first-order valence-corrected chi connectivity index (χ1v) is 11.0. The summed E-state index contributed by atoms with van der Waals surface area (Å²) >= 11 is 0. The zero-order valence-electron chi connectivity index (χ0n) is 17.8. The Bertz CT molecular complexity index is 666. The minimum atomic E-state index is 0.0442. The Morgan fingerprint density at radius 1 is 1.07 bits per heavy atom. The van der Waals surface area contributed by atoms with Gasteiger partial charge in [-0.05, 0) is 49.9 Å². The average molecular weight is 403 g/mol. The van der Waals surface area contributed by atoms with Crippen LogP contribution in [0.4, 0.5) is 0 Å². The smallest absolute Gasteiger partial charge is 0.254 e. The predicted molar refractivity (Wildman–Crippen MR) is 112 cm³/mol. The number of ether oxygens (including phenoxy) is 2. The van der Waals surface area contributed by atoms with E-state index in [-0.39, 0.29) is 11.8 Å². The molecule has 0 radical (unpaired) electrons. The Morgan fingerprint density at radius 3 is 2.41 bits per heavy atom. The molecular weight excluding hydrogens is 368 g/mol. The summed E-state index contributed by atoms with van der Waals surface area (Å²) in [6, 6.07) is 7.39. The van der Waals surface area contributed by atoms with E-state index in [9.17, 15) is 9.59 Å². The number of carbonyl (C=O) groups is 2. The van der Waals surface area contributed by atoms with E-state index in [1.807, 2.05) is 34.1 Å². The van der Waals surface area contributed by atoms with Gasteiger partial charge in [0.15, 0.2) is 0 Å². The molecule has 6 nitrogen and oxygen atoms in total. The molecule has 2 aliphatic heterocycles. The van der Waals surface area contributed by atoms with Crippen LogP contribution in [0, 0.1) is 11.8 Å². The molecule has 2 saturated heterocycles. The van der Waals surface area contributed by atoms with Gasteiger partial charge in [-0.1, -0.05) is 13.8 Å². The van der Waals surface area contributed by atoms with Crippen LogP contribution in [0.25, 0.3) is 0 Å². The fourth-order valence-corrected chi connectivity index (χ4v) is 4.15. The molecule has 160 valence electrons. The van der Waals surface area contributed by atoms with Crippen LogP contribution >= 0.6 is 0 Å². The van der Waals surface area contributed by atoms with Crippen molar-refractivity contribution in [2.45, 2.75) is 39.5 Å². The lowest BCUT2D eigenvalue weighted by Gasteiger charge is -2.34. The van der Waals surface area contributed by atoms with Gasteiger partial charge >= 0.3 is 0 Å².